The van der Waals surface area contributed by atoms with Crippen LogP contribution in [0.5, 0.6) is 0 Å². The molecule has 0 radical (unpaired) electrons. The summed E-state index contributed by atoms with van der Waals surface area (Å²) < 4.78 is 30.7. The fourth-order valence-corrected chi connectivity index (χ4v) is 7.97. The summed E-state index contributed by atoms with van der Waals surface area (Å²) in [6, 6.07) is 0. The molecule has 1 N–H and O–H groups in total. The molecule has 0 atom stereocenters. The van der Waals surface area contributed by atoms with Crippen molar-refractivity contribution in [2.45, 2.75) is 51.9 Å². The number of rotatable bonds is 2. The van der Waals surface area contributed by atoms with Crippen molar-refractivity contribution in [3.63, 3.8) is 0 Å². The third-order valence-corrected chi connectivity index (χ3v) is 7.49. The van der Waals surface area contributed by atoms with E-state index >= 15 is 0 Å². The van der Waals surface area contributed by atoms with Gasteiger partial charge in [0.25, 0.3) is 10.1 Å². The minimum Gasteiger partial charge on any atom is -0.285 e. The minimum atomic E-state index is -3.86. The maximum Gasteiger partial charge on any atom is 0.268 e. The predicted molar refractivity (Wildman–Crippen MR) is 62.8 cm³/mol. The van der Waals surface area contributed by atoms with Gasteiger partial charge in [0.2, 0.25) is 0 Å². The molecule has 0 aliphatic rings. The Morgan fingerprint density at radius 2 is 1.29 bits per heavy atom. The van der Waals surface area contributed by atoms with E-state index < -0.39 is 18.0 Å². The van der Waals surface area contributed by atoms with Crippen LogP contribution in [0.2, 0.25) is 0 Å². The van der Waals surface area contributed by atoms with Crippen LogP contribution in [0.25, 0.3) is 0 Å². The lowest BCUT2D eigenvalue weighted by Crippen LogP contribution is -2.28. The Morgan fingerprint density at radius 3 is 1.36 bits per heavy atom. The molecule has 0 heterocycles. The largest absolute Gasteiger partial charge is 0.285 e. The van der Waals surface area contributed by atoms with E-state index in [0.29, 0.717) is 0 Å². The number of hydrogen-bond donors (Lipinski definition) is 1. The molecule has 14 heavy (non-hydrogen) atoms. The van der Waals surface area contributed by atoms with Crippen molar-refractivity contribution < 1.29 is 13.0 Å². The van der Waals surface area contributed by atoms with Gasteiger partial charge in [-0.2, -0.15) is 8.42 Å². The van der Waals surface area contributed by atoms with E-state index in [1.807, 2.05) is 41.5 Å². The van der Waals surface area contributed by atoms with Gasteiger partial charge >= 0.3 is 0 Å². The van der Waals surface area contributed by atoms with Crippen LogP contribution in [0.3, 0.4) is 0 Å². The standard InChI is InChI=1S/C9H21O3PS/c1-8(2,3)13(9(4,5)6)7-14(10,11)12/h7H2,1-6H3,(H,10,11,12). The molecule has 0 amide bonds. The van der Waals surface area contributed by atoms with E-state index in [-0.39, 0.29) is 15.8 Å². The van der Waals surface area contributed by atoms with Crippen molar-refractivity contribution in [1.82, 2.24) is 0 Å². The van der Waals surface area contributed by atoms with Crippen LogP contribution >= 0.6 is 7.92 Å². The SMILES string of the molecule is CC(C)(C)P(CS(=O)(=O)O)C(C)(C)C. The smallest absolute Gasteiger partial charge is 0.268 e. The van der Waals surface area contributed by atoms with E-state index in [0.717, 1.165) is 0 Å². The topological polar surface area (TPSA) is 54.4 Å². The molecule has 0 saturated carbocycles. The second kappa shape index (κ2) is 4.07. The molecule has 0 aliphatic carbocycles. The molecule has 0 unspecified atom stereocenters. The van der Waals surface area contributed by atoms with Crippen LogP contribution in [0.15, 0.2) is 0 Å². The van der Waals surface area contributed by atoms with Crippen molar-refractivity contribution in [3.8, 4) is 0 Å². The molecule has 0 rings (SSSR count). The Kier molecular flexibility index (Phi) is 4.17. The van der Waals surface area contributed by atoms with E-state index in [2.05, 4.69) is 0 Å². The fourth-order valence-electron chi connectivity index (χ4n) is 1.56. The molecule has 0 fully saturated rings. The summed E-state index contributed by atoms with van der Waals surface area (Å²) >= 11 is 0. The van der Waals surface area contributed by atoms with Gasteiger partial charge in [-0.25, -0.2) is 0 Å². The summed E-state index contributed by atoms with van der Waals surface area (Å²) in [5, 5.41) is -0.132. The average molecular weight is 240 g/mol. The van der Waals surface area contributed by atoms with Crippen molar-refractivity contribution in [3.05, 3.63) is 0 Å². The second-order valence-electron chi connectivity index (χ2n) is 5.48. The highest BCUT2D eigenvalue weighted by atomic mass is 32.2. The summed E-state index contributed by atoms with van der Waals surface area (Å²) in [6.07, 6.45) is 0. The van der Waals surface area contributed by atoms with Crippen LogP contribution in [-0.4, -0.2) is 28.8 Å². The third-order valence-electron chi connectivity index (χ3n) is 1.91. The summed E-state index contributed by atoms with van der Waals surface area (Å²) in [7, 11) is -4.63. The highest BCUT2D eigenvalue weighted by Crippen LogP contribution is 2.59. The maximum atomic E-state index is 10.9. The van der Waals surface area contributed by atoms with Crippen LogP contribution in [0.1, 0.15) is 41.5 Å². The third kappa shape index (κ3) is 5.28. The van der Waals surface area contributed by atoms with Crippen LogP contribution in [0, 0.1) is 0 Å². The van der Waals surface area contributed by atoms with Gasteiger partial charge in [0.15, 0.2) is 0 Å². The predicted octanol–water partition coefficient (Wildman–Crippen LogP) is 2.91. The minimum absolute atomic E-state index is 0.0661. The first kappa shape index (κ1) is 14.3. The molecule has 0 aromatic heterocycles. The summed E-state index contributed by atoms with van der Waals surface area (Å²) in [4.78, 5) is 0. The molecule has 0 aromatic rings. The van der Waals surface area contributed by atoms with Crippen molar-refractivity contribution >= 4 is 18.0 Å². The zero-order chi connectivity index (χ0) is 11.8. The Bertz CT molecular complexity index is 268. The van der Waals surface area contributed by atoms with E-state index in [4.69, 9.17) is 4.55 Å². The van der Waals surface area contributed by atoms with Crippen molar-refractivity contribution in [2.24, 2.45) is 0 Å². The Labute approximate surface area is 88.8 Å². The maximum absolute atomic E-state index is 10.9. The Balaban J connectivity index is 4.97. The first-order valence-corrected chi connectivity index (χ1v) is 7.70. The van der Waals surface area contributed by atoms with E-state index in [1.54, 1.807) is 0 Å². The van der Waals surface area contributed by atoms with E-state index in [9.17, 15) is 8.42 Å². The van der Waals surface area contributed by atoms with Crippen molar-refractivity contribution in [1.29, 1.82) is 0 Å². The van der Waals surface area contributed by atoms with Gasteiger partial charge in [-0.05, 0) is 10.3 Å². The zero-order valence-electron chi connectivity index (χ0n) is 9.83. The highest BCUT2D eigenvalue weighted by Gasteiger charge is 2.36. The monoisotopic (exact) mass is 240 g/mol. The molecule has 0 aliphatic heterocycles. The summed E-state index contributed by atoms with van der Waals surface area (Å²) in [5.74, 6) is 0. The lowest BCUT2D eigenvalue weighted by molar-refractivity contribution is 0.487. The van der Waals surface area contributed by atoms with Gasteiger partial charge in [0.05, 0.1) is 5.49 Å². The Hall–Kier alpha value is 0.340. The van der Waals surface area contributed by atoms with Gasteiger partial charge in [-0.3, -0.25) is 4.55 Å². The molecular weight excluding hydrogens is 219 g/mol. The molecule has 0 spiro atoms. The quantitative estimate of drug-likeness (QED) is 0.596. The van der Waals surface area contributed by atoms with Gasteiger partial charge in [-0.1, -0.05) is 49.5 Å². The van der Waals surface area contributed by atoms with Gasteiger partial charge < -0.3 is 0 Å². The van der Waals surface area contributed by atoms with E-state index in [1.165, 1.54) is 0 Å². The first-order chi connectivity index (χ1) is 5.84. The first-order valence-electron chi connectivity index (χ1n) is 4.57. The molecular formula is C9H21O3PS. The van der Waals surface area contributed by atoms with Gasteiger partial charge in [0, 0.05) is 0 Å². The molecule has 86 valence electrons. The Morgan fingerprint density at radius 1 is 1.00 bits per heavy atom. The summed E-state index contributed by atoms with van der Waals surface area (Å²) in [5.41, 5.74) is -0.102. The summed E-state index contributed by atoms with van der Waals surface area (Å²) in [6.45, 7) is 12.1. The molecule has 5 heteroatoms. The zero-order valence-corrected chi connectivity index (χ0v) is 11.5. The van der Waals surface area contributed by atoms with Crippen molar-refractivity contribution in [2.75, 3.05) is 5.49 Å². The fraction of sp³-hybridized carbons (Fsp3) is 1.00. The molecule has 3 nitrogen and oxygen atoms in total. The highest BCUT2D eigenvalue weighted by molar-refractivity contribution is 7.94. The molecule has 0 saturated heterocycles. The van der Waals surface area contributed by atoms with Gasteiger partial charge in [-0.15, -0.1) is 0 Å². The lowest BCUT2D eigenvalue weighted by Gasteiger charge is -2.40. The number of hydrogen-bond acceptors (Lipinski definition) is 2. The molecule has 0 aromatic carbocycles. The van der Waals surface area contributed by atoms with Crippen LogP contribution in [-0.2, 0) is 10.1 Å². The van der Waals surface area contributed by atoms with Gasteiger partial charge in [0.1, 0.15) is 0 Å². The van der Waals surface area contributed by atoms with Crippen LogP contribution in [0.4, 0.5) is 0 Å². The second-order valence-corrected chi connectivity index (χ2v) is 11.2. The lowest BCUT2D eigenvalue weighted by atomic mass is 10.2. The van der Waals surface area contributed by atoms with Crippen LogP contribution < -0.4 is 0 Å². The normalized spacial score (nSPS) is 14.9. The average Bonchev–Trinajstić information content (AvgIpc) is 1.75. The molecule has 0 bridgehead atoms.